The number of anilines is 1. The molecule has 1 amide bonds. The molecule has 1 aromatic carbocycles. The zero-order valence-corrected chi connectivity index (χ0v) is 15.4. The number of thioether (sulfide) groups is 1. The number of carbonyl (C=O) groups is 2. The lowest BCUT2D eigenvalue weighted by Crippen LogP contribution is -2.14. The first-order chi connectivity index (χ1) is 11.9. The standard InChI is InChI=1S/C18H21N3O3S/c1-12-9-13(2)20-18(19-12)25-11-17(23)21-16-6-4-5-15(10-16)7-8-24-14(3)22/h4-6,9-10H,7-8,11H2,1-3H3,(H,21,23). The molecule has 0 aliphatic carbocycles. The van der Waals surface area contributed by atoms with E-state index in [0.29, 0.717) is 23.9 Å². The van der Waals surface area contributed by atoms with Gasteiger partial charge in [0.05, 0.1) is 12.4 Å². The summed E-state index contributed by atoms with van der Waals surface area (Å²) in [5.41, 5.74) is 3.48. The van der Waals surface area contributed by atoms with E-state index in [0.717, 1.165) is 17.0 Å². The zero-order chi connectivity index (χ0) is 18.2. The summed E-state index contributed by atoms with van der Waals surface area (Å²) in [5, 5.41) is 3.46. The number of nitrogens with one attached hydrogen (secondary N) is 1. The summed E-state index contributed by atoms with van der Waals surface area (Å²) in [6.45, 7) is 5.51. The fourth-order valence-electron chi connectivity index (χ4n) is 2.20. The number of hydrogen-bond donors (Lipinski definition) is 1. The largest absolute Gasteiger partial charge is 0.466 e. The molecule has 0 fully saturated rings. The number of ether oxygens (including phenoxy) is 1. The Morgan fingerprint density at radius 3 is 2.56 bits per heavy atom. The zero-order valence-electron chi connectivity index (χ0n) is 14.5. The first-order valence-electron chi connectivity index (χ1n) is 7.89. The quantitative estimate of drug-likeness (QED) is 0.465. The Kier molecular flexibility index (Phi) is 6.94. The number of nitrogens with zero attached hydrogens (tertiary/aromatic N) is 2. The molecule has 0 aliphatic rings. The van der Waals surface area contributed by atoms with Crippen LogP contribution in [0.5, 0.6) is 0 Å². The summed E-state index contributed by atoms with van der Waals surface area (Å²) in [6.07, 6.45) is 0.606. The number of aromatic nitrogens is 2. The van der Waals surface area contributed by atoms with Crippen LogP contribution in [0.4, 0.5) is 5.69 Å². The Morgan fingerprint density at radius 1 is 1.16 bits per heavy atom. The molecule has 0 saturated heterocycles. The lowest BCUT2D eigenvalue weighted by molar-refractivity contribution is -0.140. The van der Waals surface area contributed by atoms with Gasteiger partial charge in [-0.05, 0) is 37.6 Å². The highest BCUT2D eigenvalue weighted by molar-refractivity contribution is 7.99. The van der Waals surface area contributed by atoms with E-state index in [-0.39, 0.29) is 17.6 Å². The molecule has 25 heavy (non-hydrogen) atoms. The summed E-state index contributed by atoms with van der Waals surface area (Å²) in [6, 6.07) is 9.38. The van der Waals surface area contributed by atoms with E-state index in [4.69, 9.17) is 4.74 Å². The maximum absolute atomic E-state index is 12.1. The van der Waals surface area contributed by atoms with Gasteiger partial charge in [-0.1, -0.05) is 23.9 Å². The molecular formula is C18H21N3O3S. The highest BCUT2D eigenvalue weighted by atomic mass is 32.2. The van der Waals surface area contributed by atoms with Crippen LogP contribution in [0.15, 0.2) is 35.5 Å². The number of rotatable bonds is 7. The van der Waals surface area contributed by atoms with Gasteiger partial charge < -0.3 is 10.1 Å². The van der Waals surface area contributed by atoms with Crippen molar-refractivity contribution in [3.8, 4) is 0 Å². The van der Waals surface area contributed by atoms with Crippen molar-refractivity contribution in [2.45, 2.75) is 32.3 Å². The van der Waals surface area contributed by atoms with Gasteiger partial charge >= 0.3 is 5.97 Å². The minimum Gasteiger partial charge on any atom is -0.466 e. The van der Waals surface area contributed by atoms with Crippen LogP contribution >= 0.6 is 11.8 Å². The Balaban J connectivity index is 1.86. The summed E-state index contributed by atoms with van der Waals surface area (Å²) in [7, 11) is 0. The van der Waals surface area contributed by atoms with Crippen molar-refractivity contribution in [2.75, 3.05) is 17.7 Å². The van der Waals surface area contributed by atoms with Crippen LogP contribution < -0.4 is 5.32 Å². The molecule has 1 heterocycles. The lowest BCUT2D eigenvalue weighted by Gasteiger charge is -2.08. The summed E-state index contributed by atoms with van der Waals surface area (Å²) < 4.78 is 4.93. The summed E-state index contributed by atoms with van der Waals surface area (Å²) >= 11 is 1.31. The predicted octanol–water partition coefficient (Wildman–Crippen LogP) is 2.93. The van der Waals surface area contributed by atoms with Gasteiger partial charge in [-0.2, -0.15) is 0 Å². The van der Waals surface area contributed by atoms with E-state index in [1.54, 1.807) is 0 Å². The van der Waals surface area contributed by atoms with E-state index in [1.807, 2.05) is 44.2 Å². The minimum absolute atomic E-state index is 0.120. The molecule has 7 heteroatoms. The second-order valence-corrected chi connectivity index (χ2v) is 6.50. The van der Waals surface area contributed by atoms with Crippen LogP contribution in [0, 0.1) is 13.8 Å². The normalized spacial score (nSPS) is 10.4. The third kappa shape index (κ3) is 6.93. The number of esters is 1. The van der Waals surface area contributed by atoms with E-state index in [1.165, 1.54) is 18.7 Å². The molecule has 1 N–H and O–H groups in total. The van der Waals surface area contributed by atoms with Crippen LogP contribution in [0.25, 0.3) is 0 Å². The highest BCUT2D eigenvalue weighted by Crippen LogP contribution is 2.16. The molecule has 6 nitrogen and oxygen atoms in total. The molecular weight excluding hydrogens is 338 g/mol. The molecule has 0 spiro atoms. The van der Waals surface area contributed by atoms with Gasteiger partial charge in [-0.3, -0.25) is 9.59 Å². The predicted molar refractivity (Wildman–Crippen MR) is 97.6 cm³/mol. The second-order valence-electron chi connectivity index (χ2n) is 5.56. The van der Waals surface area contributed by atoms with Crippen LogP contribution in [0.2, 0.25) is 0 Å². The Hall–Kier alpha value is -2.41. The van der Waals surface area contributed by atoms with Gasteiger partial charge in [-0.15, -0.1) is 0 Å². The SMILES string of the molecule is CC(=O)OCCc1cccc(NC(=O)CSc2nc(C)cc(C)n2)c1. The van der Waals surface area contributed by atoms with Gasteiger partial charge in [-0.25, -0.2) is 9.97 Å². The third-order valence-electron chi connectivity index (χ3n) is 3.20. The van der Waals surface area contributed by atoms with Crippen LogP contribution in [0.1, 0.15) is 23.9 Å². The van der Waals surface area contributed by atoms with Crippen molar-refractivity contribution in [1.29, 1.82) is 0 Å². The third-order valence-corrected chi connectivity index (χ3v) is 4.05. The molecule has 0 unspecified atom stereocenters. The van der Waals surface area contributed by atoms with Crippen molar-refractivity contribution in [2.24, 2.45) is 0 Å². The first kappa shape index (κ1) is 18.9. The van der Waals surface area contributed by atoms with Gasteiger partial charge in [0, 0.05) is 30.4 Å². The monoisotopic (exact) mass is 359 g/mol. The maximum Gasteiger partial charge on any atom is 0.302 e. The van der Waals surface area contributed by atoms with E-state index in [9.17, 15) is 9.59 Å². The summed E-state index contributed by atoms with van der Waals surface area (Å²) in [5.74, 6) is -0.180. The molecule has 0 saturated carbocycles. The van der Waals surface area contributed by atoms with E-state index < -0.39 is 0 Å². The molecule has 2 rings (SSSR count). The lowest BCUT2D eigenvalue weighted by atomic mass is 10.1. The topological polar surface area (TPSA) is 81.2 Å². The van der Waals surface area contributed by atoms with Gasteiger partial charge in [0.2, 0.25) is 5.91 Å². The molecule has 2 aromatic rings. The van der Waals surface area contributed by atoms with E-state index in [2.05, 4.69) is 15.3 Å². The average Bonchev–Trinajstić information content (AvgIpc) is 2.52. The van der Waals surface area contributed by atoms with Crippen LogP contribution in [-0.2, 0) is 20.7 Å². The number of hydrogen-bond acceptors (Lipinski definition) is 6. The minimum atomic E-state index is -0.296. The van der Waals surface area contributed by atoms with Crippen molar-refractivity contribution >= 4 is 29.3 Å². The number of benzene rings is 1. The molecule has 1 aromatic heterocycles. The molecule has 0 atom stereocenters. The molecule has 0 aliphatic heterocycles. The van der Waals surface area contributed by atoms with Crippen LogP contribution in [-0.4, -0.2) is 34.2 Å². The van der Waals surface area contributed by atoms with Crippen molar-refractivity contribution in [1.82, 2.24) is 9.97 Å². The second kappa shape index (κ2) is 9.17. The Labute approximate surface area is 151 Å². The maximum atomic E-state index is 12.1. The smallest absolute Gasteiger partial charge is 0.302 e. The van der Waals surface area contributed by atoms with E-state index >= 15 is 0 Å². The highest BCUT2D eigenvalue weighted by Gasteiger charge is 2.07. The molecule has 0 bridgehead atoms. The molecule has 0 radical (unpaired) electrons. The first-order valence-corrected chi connectivity index (χ1v) is 8.88. The van der Waals surface area contributed by atoms with Gasteiger partial charge in [0.1, 0.15) is 0 Å². The Bertz CT molecular complexity index is 745. The van der Waals surface area contributed by atoms with Gasteiger partial charge in [0.15, 0.2) is 5.16 Å². The van der Waals surface area contributed by atoms with Crippen molar-refractivity contribution in [3.05, 3.63) is 47.3 Å². The van der Waals surface area contributed by atoms with Gasteiger partial charge in [0.25, 0.3) is 0 Å². The number of amides is 1. The van der Waals surface area contributed by atoms with Crippen molar-refractivity contribution < 1.29 is 14.3 Å². The average molecular weight is 359 g/mol. The number of aryl methyl sites for hydroxylation is 2. The fourth-order valence-corrected chi connectivity index (χ4v) is 2.95. The number of carbonyl (C=O) groups excluding carboxylic acids is 2. The Morgan fingerprint density at radius 2 is 1.88 bits per heavy atom. The summed E-state index contributed by atoms with van der Waals surface area (Å²) in [4.78, 5) is 31.5. The van der Waals surface area contributed by atoms with Crippen molar-refractivity contribution in [3.63, 3.8) is 0 Å². The van der Waals surface area contributed by atoms with Crippen LogP contribution in [0.3, 0.4) is 0 Å². The fraction of sp³-hybridized carbons (Fsp3) is 0.333. The molecule has 132 valence electrons.